The van der Waals surface area contributed by atoms with Gasteiger partial charge in [0.15, 0.2) is 11.5 Å². The second kappa shape index (κ2) is 8.72. The van der Waals surface area contributed by atoms with Gasteiger partial charge in [-0.15, -0.1) is 0 Å². The molecule has 0 spiro atoms. The number of anilines is 3. The van der Waals surface area contributed by atoms with Crippen molar-refractivity contribution in [3.8, 4) is 17.2 Å². The monoisotopic (exact) mass is 380 g/mol. The van der Waals surface area contributed by atoms with Gasteiger partial charge in [0.05, 0.1) is 26.9 Å². The molecule has 1 amide bonds. The van der Waals surface area contributed by atoms with Gasteiger partial charge in [0.2, 0.25) is 5.95 Å². The van der Waals surface area contributed by atoms with Gasteiger partial charge in [-0.1, -0.05) is 6.07 Å². The van der Waals surface area contributed by atoms with Crippen molar-refractivity contribution in [1.29, 1.82) is 0 Å². The number of nitrogens with zero attached hydrogens (tertiary/aromatic N) is 2. The van der Waals surface area contributed by atoms with Gasteiger partial charge >= 0.3 is 0 Å². The van der Waals surface area contributed by atoms with E-state index in [1.54, 1.807) is 57.7 Å². The van der Waals surface area contributed by atoms with E-state index in [9.17, 15) is 4.79 Å². The van der Waals surface area contributed by atoms with Crippen molar-refractivity contribution in [1.82, 2.24) is 9.97 Å². The number of ether oxygens (including phenoxy) is 3. The second-order valence-corrected chi connectivity index (χ2v) is 5.68. The molecule has 0 radical (unpaired) electrons. The van der Waals surface area contributed by atoms with Gasteiger partial charge in [-0.2, -0.15) is 0 Å². The van der Waals surface area contributed by atoms with Crippen molar-refractivity contribution >= 4 is 23.2 Å². The lowest BCUT2D eigenvalue weighted by Crippen LogP contribution is -2.13. The van der Waals surface area contributed by atoms with Gasteiger partial charge in [-0.25, -0.2) is 9.97 Å². The molecule has 2 N–H and O–H groups in total. The zero-order valence-electron chi connectivity index (χ0n) is 15.7. The topological polar surface area (TPSA) is 94.6 Å². The Balaban J connectivity index is 1.68. The van der Waals surface area contributed by atoms with E-state index in [-0.39, 0.29) is 5.91 Å². The number of aromatic nitrogens is 2. The Labute approximate surface area is 162 Å². The highest BCUT2D eigenvalue weighted by Crippen LogP contribution is 2.30. The maximum atomic E-state index is 12.4. The minimum absolute atomic E-state index is 0.314. The summed E-state index contributed by atoms with van der Waals surface area (Å²) in [5.41, 5.74) is 1.68. The molecular weight excluding hydrogens is 360 g/mol. The molecule has 0 unspecified atom stereocenters. The minimum atomic E-state index is -0.314. The van der Waals surface area contributed by atoms with E-state index in [1.807, 2.05) is 6.07 Å². The summed E-state index contributed by atoms with van der Waals surface area (Å²) in [6.07, 6.45) is 2.90. The number of amides is 1. The van der Waals surface area contributed by atoms with E-state index in [1.165, 1.54) is 12.4 Å². The third kappa shape index (κ3) is 4.47. The third-order valence-corrected chi connectivity index (χ3v) is 3.88. The molecule has 0 saturated heterocycles. The molecule has 1 heterocycles. The Morgan fingerprint density at radius 3 is 2.29 bits per heavy atom. The highest BCUT2D eigenvalue weighted by Gasteiger charge is 2.10. The first kappa shape index (κ1) is 19.0. The zero-order valence-corrected chi connectivity index (χ0v) is 15.7. The van der Waals surface area contributed by atoms with Gasteiger partial charge in [0, 0.05) is 35.9 Å². The maximum absolute atomic E-state index is 12.4. The van der Waals surface area contributed by atoms with Gasteiger partial charge in [0.25, 0.3) is 5.91 Å². The van der Waals surface area contributed by atoms with Crippen molar-refractivity contribution in [2.75, 3.05) is 32.0 Å². The van der Waals surface area contributed by atoms with Crippen LogP contribution in [0.4, 0.5) is 17.3 Å². The highest BCUT2D eigenvalue weighted by molar-refractivity contribution is 6.04. The average Bonchev–Trinajstić information content (AvgIpc) is 2.74. The molecule has 8 heteroatoms. The molecule has 3 aromatic rings. The van der Waals surface area contributed by atoms with Crippen LogP contribution >= 0.6 is 0 Å². The summed E-state index contributed by atoms with van der Waals surface area (Å²) in [5.74, 6) is 1.90. The summed E-state index contributed by atoms with van der Waals surface area (Å²) in [5, 5.41) is 5.83. The number of methoxy groups -OCH3 is 3. The summed E-state index contributed by atoms with van der Waals surface area (Å²) >= 11 is 0. The Kier molecular flexibility index (Phi) is 5.91. The molecule has 2 aromatic carbocycles. The number of carbonyl (C=O) groups is 1. The van der Waals surface area contributed by atoms with Crippen LogP contribution < -0.4 is 24.8 Å². The minimum Gasteiger partial charge on any atom is -0.497 e. The molecule has 0 saturated carbocycles. The Bertz CT molecular complexity index is 961. The summed E-state index contributed by atoms with van der Waals surface area (Å²) in [4.78, 5) is 20.7. The van der Waals surface area contributed by atoms with E-state index in [0.29, 0.717) is 34.4 Å². The lowest BCUT2D eigenvalue weighted by Gasteiger charge is -2.10. The van der Waals surface area contributed by atoms with Crippen LogP contribution in [0.25, 0.3) is 0 Å². The molecule has 144 valence electrons. The first-order chi connectivity index (χ1) is 13.6. The van der Waals surface area contributed by atoms with Crippen LogP contribution in [0.2, 0.25) is 0 Å². The number of rotatable bonds is 7. The van der Waals surface area contributed by atoms with E-state index in [2.05, 4.69) is 20.6 Å². The third-order valence-electron chi connectivity index (χ3n) is 3.88. The molecule has 0 bridgehead atoms. The lowest BCUT2D eigenvalue weighted by molar-refractivity contribution is 0.102. The van der Waals surface area contributed by atoms with Crippen LogP contribution in [-0.4, -0.2) is 37.2 Å². The standard InChI is InChI=1S/C20H20N4O4/c1-26-16-6-4-5-14(9-16)23-19(25)13-11-21-20(22-12-13)24-15-7-8-17(27-2)18(10-15)28-3/h4-12H,1-3H3,(H,23,25)(H,21,22,24). The fraction of sp³-hybridized carbons (Fsp3) is 0.150. The van der Waals surface area contributed by atoms with Gasteiger partial charge in [-0.3, -0.25) is 4.79 Å². The number of carbonyl (C=O) groups excluding carboxylic acids is 1. The predicted molar refractivity (Wildman–Crippen MR) is 106 cm³/mol. The first-order valence-corrected chi connectivity index (χ1v) is 8.39. The van der Waals surface area contributed by atoms with Crippen molar-refractivity contribution in [3.05, 3.63) is 60.4 Å². The Morgan fingerprint density at radius 2 is 1.61 bits per heavy atom. The van der Waals surface area contributed by atoms with Crippen molar-refractivity contribution in [2.24, 2.45) is 0 Å². The van der Waals surface area contributed by atoms with E-state index in [4.69, 9.17) is 14.2 Å². The lowest BCUT2D eigenvalue weighted by atomic mass is 10.2. The molecule has 0 fully saturated rings. The summed E-state index contributed by atoms with van der Waals surface area (Å²) in [6, 6.07) is 12.4. The van der Waals surface area contributed by atoms with Gasteiger partial charge in [0.1, 0.15) is 5.75 Å². The van der Waals surface area contributed by atoms with Crippen LogP contribution in [0.1, 0.15) is 10.4 Å². The van der Waals surface area contributed by atoms with Gasteiger partial charge in [-0.05, 0) is 24.3 Å². The van der Waals surface area contributed by atoms with Crippen molar-refractivity contribution in [3.63, 3.8) is 0 Å². The van der Waals surface area contributed by atoms with E-state index < -0.39 is 0 Å². The van der Waals surface area contributed by atoms with Crippen LogP contribution in [0, 0.1) is 0 Å². The first-order valence-electron chi connectivity index (χ1n) is 8.39. The predicted octanol–water partition coefficient (Wildman–Crippen LogP) is 3.50. The smallest absolute Gasteiger partial charge is 0.258 e. The van der Waals surface area contributed by atoms with E-state index >= 15 is 0 Å². The van der Waals surface area contributed by atoms with Crippen LogP contribution in [0.15, 0.2) is 54.9 Å². The molecule has 3 rings (SSSR count). The molecule has 0 aliphatic carbocycles. The number of benzene rings is 2. The fourth-order valence-corrected chi connectivity index (χ4v) is 2.46. The van der Waals surface area contributed by atoms with Gasteiger partial charge < -0.3 is 24.8 Å². The zero-order chi connectivity index (χ0) is 19.9. The molecule has 0 atom stereocenters. The Morgan fingerprint density at radius 1 is 0.857 bits per heavy atom. The molecule has 0 aliphatic heterocycles. The quantitative estimate of drug-likeness (QED) is 0.648. The molecule has 0 aliphatic rings. The highest BCUT2D eigenvalue weighted by atomic mass is 16.5. The number of hydrogen-bond acceptors (Lipinski definition) is 7. The summed E-state index contributed by atoms with van der Waals surface area (Å²) in [7, 11) is 4.70. The van der Waals surface area contributed by atoms with Crippen molar-refractivity contribution < 1.29 is 19.0 Å². The molecule has 1 aromatic heterocycles. The largest absolute Gasteiger partial charge is 0.497 e. The average molecular weight is 380 g/mol. The fourth-order valence-electron chi connectivity index (χ4n) is 2.46. The second-order valence-electron chi connectivity index (χ2n) is 5.68. The van der Waals surface area contributed by atoms with Crippen LogP contribution in [-0.2, 0) is 0 Å². The van der Waals surface area contributed by atoms with Crippen LogP contribution in [0.5, 0.6) is 17.2 Å². The SMILES string of the molecule is COc1cccc(NC(=O)c2cnc(Nc3ccc(OC)c(OC)c3)nc2)c1. The molecule has 28 heavy (non-hydrogen) atoms. The maximum Gasteiger partial charge on any atom is 0.258 e. The Hall–Kier alpha value is -3.81. The summed E-state index contributed by atoms with van der Waals surface area (Å²) < 4.78 is 15.6. The normalized spacial score (nSPS) is 10.1. The van der Waals surface area contributed by atoms with Crippen LogP contribution in [0.3, 0.4) is 0 Å². The number of hydrogen-bond donors (Lipinski definition) is 2. The number of nitrogens with one attached hydrogen (secondary N) is 2. The van der Waals surface area contributed by atoms with E-state index in [0.717, 1.165) is 5.69 Å². The molecule has 8 nitrogen and oxygen atoms in total. The van der Waals surface area contributed by atoms with Crippen molar-refractivity contribution in [2.45, 2.75) is 0 Å². The summed E-state index contributed by atoms with van der Waals surface area (Å²) in [6.45, 7) is 0. The molecular formula is C20H20N4O4.